The SMILES string of the molecule is O=C1NCCN(S(=O)(=O)c2ccc(Cl)cc2)C1c1cccc(Cl)c1. The number of rotatable bonds is 3. The average molecular weight is 385 g/mol. The summed E-state index contributed by atoms with van der Waals surface area (Å²) in [4.78, 5) is 12.5. The van der Waals surface area contributed by atoms with E-state index in [1.807, 2.05) is 0 Å². The number of nitrogens with one attached hydrogen (secondary N) is 1. The molecule has 1 atom stereocenters. The predicted octanol–water partition coefficient (Wildman–Crippen LogP) is 2.86. The highest BCUT2D eigenvalue weighted by Gasteiger charge is 2.39. The fourth-order valence-electron chi connectivity index (χ4n) is 2.64. The fourth-order valence-corrected chi connectivity index (χ4v) is 4.54. The van der Waals surface area contributed by atoms with Crippen LogP contribution in [0.2, 0.25) is 10.0 Å². The second kappa shape index (κ2) is 6.72. The maximum atomic E-state index is 13.0. The maximum Gasteiger partial charge on any atom is 0.244 e. The molecular weight excluding hydrogens is 371 g/mol. The van der Waals surface area contributed by atoms with Crippen molar-refractivity contribution in [2.45, 2.75) is 10.9 Å². The Hall–Kier alpha value is -1.60. The number of hydrogen-bond acceptors (Lipinski definition) is 3. The maximum absolute atomic E-state index is 13.0. The van der Waals surface area contributed by atoms with Gasteiger partial charge in [0.15, 0.2) is 0 Å². The summed E-state index contributed by atoms with van der Waals surface area (Å²) in [5, 5.41) is 3.58. The topological polar surface area (TPSA) is 66.5 Å². The summed E-state index contributed by atoms with van der Waals surface area (Å²) in [6, 6.07) is 11.6. The zero-order chi connectivity index (χ0) is 17.3. The van der Waals surface area contributed by atoms with Gasteiger partial charge < -0.3 is 5.32 Å². The molecule has 126 valence electrons. The zero-order valence-electron chi connectivity index (χ0n) is 12.4. The van der Waals surface area contributed by atoms with E-state index in [1.165, 1.54) is 28.6 Å². The molecule has 1 aliphatic heterocycles. The third-order valence-electron chi connectivity index (χ3n) is 3.75. The lowest BCUT2D eigenvalue weighted by molar-refractivity contribution is -0.126. The first-order valence-electron chi connectivity index (χ1n) is 7.20. The highest BCUT2D eigenvalue weighted by molar-refractivity contribution is 7.89. The van der Waals surface area contributed by atoms with Crippen molar-refractivity contribution in [2.24, 2.45) is 0 Å². The summed E-state index contributed by atoms with van der Waals surface area (Å²) in [5.41, 5.74) is 0.525. The van der Waals surface area contributed by atoms with Crippen molar-refractivity contribution >= 4 is 39.1 Å². The van der Waals surface area contributed by atoms with Gasteiger partial charge in [0, 0.05) is 23.1 Å². The average Bonchev–Trinajstić information content (AvgIpc) is 2.55. The first-order chi connectivity index (χ1) is 11.4. The highest BCUT2D eigenvalue weighted by atomic mass is 35.5. The van der Waals surface area contributed by atoms with Crippen LogP contribution in [0.1, 0.15) is 11.6 Å². The Morgan fingerprint density at radius 3 is 2.42 bits per heavy atom. The lowest BCUT2D eigenvalue weighted by atomic mass is 10.0. The van der Waals surface area contributed by atoms with Gasteiger partial charge in [-0.1, -0.05) is 35.3 Å². The van der Waals surface area contributed by atoms with Crippen LogP contribution in [0, 0.1) is 0 Å². The molecule has 1 aliphatic rings. The summed E-state index contributed by atoms with van der Waals surface area (Å²) in [6.07, 6.45) is 0. The van der Waals surface area contributed by atoms with E-state index in [1.54, 1.807) is 24.3 Å². The van der Waals surface area contributed by atoms with E-state index in [-0.39, 0.29) is 23.9 Å². The molecule has 1 unspecified atom stereocenters. The molecule has 2 aromatic carbocycles. The number of carbonyl (C=O) groups excluding carboxylic acids is 1. The van der Waals surface area contributed by atoms with Crippen molar-refractivity contribution in [1.82, 2.24) is 9.62 Å². The van der Waals surface area contributed by atoms with Gasteiger partial charge in [0.05, 0.1) is 4.90 Å². The molecule has 0 saturated carbocycles. The van der Waals surface area contributed by atoms with Gasteiger partial charge in [-0.3, -0.25) is 4.79 Å². The van der Waals surface area contributed by atoms with Crippen LogP contribution in [0.4, 0.5) is 0 Å². The second-order valence-electron chi connectivity index (χ2n) is 5.32. The molecule has 2 aromatic rings. The van der Waals surface area contributed by atoms with E-state index >= 15 is 0 Å². The molecule has 0 aliphatic carbocycles. The molecule has 1 N–H and O–H groups in total. The minimum absolute atomic E-state index is 0.0913. The summed E-state index contributed by atoms with van der Waals surface area (Å²) in [7, 11) is -3.85. The predicted molar refractivity (Wildman–Crippen MR) is 92.5 cm³/mol. The van der Waals surface area contributed by atoms with Crippen molar-refractivity contribution in [1.29, 1.82) is 0 Å². The number of nitrogens with zero attached hydrogens (tertiary/aromatic N) is 1. The Morgan fingerprint density at radius 1 is 1.04 bits per heavy atom. The standard InChI is InChI=1S/C16H14Cl2N2O3S/c17-12-4-6-14(7-5-12)24(22,23)20-9-8-19-16(21)15(20)11-2-1-3-13(18)10-11/h1-7,10,15H,8-9H2,(H,19,21). The lowest BCUT2D eigenvalue weighted by Crippen LogP contribution is -2.52. The number of sulfonamides is 1. The van der Waals surface area contributed by atoms with E-state index in [2.05, 4.69) is 5.32 Å². The van der Waals surface area contributed by atoms with Crippen molar-refractivity contribution in [3.05, 3.63) is 64.1 Å². The number of benzene rings is 2. The van der Waals surface area contributed by atoms with Gasteiger partial charge in [-0.05, 0) is 42.0 Å². The van der Waals surface area contributed by atoms with E-state index in [0.717, 1.165) is 0 Å². The Morgan fingerprint density at radius 2 is 1.75 bits per heavy atom. The smallest absolute Gasteiger partial charge is 0.244 e. The number of carbonyl (C=O) groups is 1. The van der Waals surface area contributed by atoms with Gasteiger partial charge in [-0.25, -0.2) is 8.42 Å². The van der Waals surface area contributed by atoms with Crippen LogP contribution < -0.4 is 5.32 Å². The zero-order valence-corrected chi connectivity index (χ0v) is 14.8. The van der Waals surface area contributed by atoms with E-state index in [0.29, 0.717) is 15.6 Å². The molecule has 1 amide bonds. The summed E-state index contributed by atoms with van der Waals surface area (Å²) in [6.45, 7) is 0.427. The molecule has 1 saturated heterocycles. The first kappa shape index (κ1) is 17.2. The summed E-state index contributed by atoms with van der Waals surface area (Å²) < 4.78 is 27.2. The molecular formula is C16H14Cl2N2O3S. The van der Waals surface area contributed by atoms with E-state index < -0.39 is 16.1 Å². The van der Waals surface area contributed by atoms with Crippen molar-refractivity contribution in [3.8, 4) is 0 Å². The molecule has 0 aromatic heterocycles. The lowest BCUT2D eigenvalue weighted by Gasteiger charge is -2.34. The van der Waals surface area contributed by atoms with Gasteiger partial charge in [0.1, 0.15) is 6.04 Å². The van der Waals surface area contributed by atoms with Crippen LogP contribution in [0.15, 0.2) is 53.4 Å². The number of amides is 1. The number of piperazine rings is 1. The normalized spacial score (nSPS) is 19.1. The molecule has 1 heterocycles. The molecule has 5 nitrogen and oxygen atoms in total. The molecule has 0 radical (unpaired) electrons. The Balaban J connectivity index is 2.06. The molecule has 3 rings (SSSR count). The Bertz CT molecular complexity index is 869. The summed E-state index contributed by atoms with van der Waals surface area (Å²) >= 11 is 11.8. The van der Waals surface area contributed by atoms with Crippen molar-refractivity contribution in [3.63, 3.8) is 0 Å². The summed E-state index contributed by atoms with van der Waals surface area (Å²) in [5.74, 6) is -0.374. The molecule has 24 heavy (non-hydrogen) atoms. The monoisotopic (exact) mass is 384 g/mol. The third-order valence-corrected chi connectivity index (χ3v) is 6.12. The van der Waals surface area contributed by atoms with Gasteiger partial charge in [-0.2, -0.15) is 4.31 Å². The van der Waals surface area contributed by atoms with Gasteiger partial charge >= 0.3 is 0 Å². The highest BCUT2D eigenvalue weighted by Crippen LogP contribution is 2.31. The van der Waals surface area contributed by atoms with Gasteiger partial charge in [0.25, 0.3) is 0 Å². The Kier molecular flexibility index (Phi) is 4.83. The van der Waals surface area contributed by atoms with Crippen LogP contribution >= 0.6 is 23.2 Å². The molecule has 0 bridgehead atoms. The Labute approximate surface area is 150 Å². The fraction of sp³-hybridized carbons (Fsp3) is 0.188. The van der Waals surface area contributed by atoms with Crippen molar-refractivity contribution < 1.29 is 13.2 Å². The van der Waals surface area contributed by atoms with Crippen LogP contribution in [0.5, 0.6) is 0 Å². The molecule has 1 fully saturated rings. The van der Waals surface area contributed by atoms with Crippen LogP contribution in [-0.2, 0) is 14.8 Å². The van der Waals surface area contributed by atoms with E-state index in [9.17, 15) is 13.2 Å². The second-order valence-corrected chi connectivity index (χ2v) is 8.08. The van der Waals surface area contributed by atoms with Crippen LogP contribution in [0.3, 0.4) is 0 Å². The van der Waals surface area contributed by atoms with Crippen LogP contribution in [0.25, 0.3) is 0 Å². The van der Waals surface area contributed by atoms with Gasteiger partial charge in [0.2, 0.25) is 15.9 Å². The third kappa shape index (κ3) is 3.28. The number of hydrogen-bond donors (Lipinski definition) is 1. The molecule has 8 heteroatoms. The largest absolute Gasteiger partial charge is 0.353 e. The quantitative estimate of drug-likeness (QED) is 0.884. The van der Waals surface area contributed by atoms with E-state index in [4.69, 9.17) is 23.2 Å². The van der Waals surface area contributed by atoms with Gasteiger partial charge in [-0.15, -0.1) is 0 Å². The number of halogens is 2. The van der Waals surface area contributed by atoms with Crippen molar-refractivity contribution in [2.75, 3.05) is 13.1 Å². The van der Waals surface area contributed by atoms with Crippen LogP contribution in [-0.4, -0.2) is 31.7 Å². The minimum Gasteiger partial charge on any atom is -0.353 e. The molecule has 0 spiro atoms. The first-order valence-corrected chi connectivity index (χ1v) is 9.40. The minimum atomic E-state index is -3.85.